The van der Waals surface area contributed by atoms with Crippen molar-refractivity contribution in [3.63, 3.8) is 0 Å². The quantitative estimate of drug-likeness (QED) is 0.795. The summed E-state index contributed by atoms with van der Waals surface area (Å²) < 4.78 is 0. The average Bonchev–Trinajstić information content (AvgIpc) is 3.15. The van der Waals surface area contributed by atoms with Gasteiger partial charge in [-0.1, -0.05) is 25.7 Å². The number of carboxylic acid groups (broad SMARTS) is 1. The molecule has 1 aliphatic heterocycles. The Hall–Kier alpha value is -1.59. The number of hydrogen-bond donors (Lipinski definition) is 2. The van der Waals surface area contributed by atoms with E-state index in [1.165, 1.54) is 24.2 Å². The van der Waals surface area contributed by atoms with Crippen LogP contribution in [0.4, 0.5) is 0 Å². The molecule has 6 nitrogen and oxygen atoms in total. The van der Waals surface area contributed by atoms with E-state index >= 15 is 0 Å². The molecule has 1 saturated heterocycles. The number of likely N-dealkylation sites (tertiary alicyclic amines) is 1. The molecule has 3 rings (SSSR count). The van der Waals surface area contributed by atoms with E-state index in [9.17, 15) is 19.5 Å². The molecule has 140 valence electrons. The van der Waals surface area contributed by atoms with Crippen molar-refractivity contribution >= 4 is 17.8 Å². The molecule has 6 heteroatoms. The molecule has 3 fully saturated rings. The number of carbonyl (C=O) groups excluding carboxylic acids is 2. The number of hydrogen-bond acceptors (Lipinski definition) is 3. The number of nitrogens with one attached hydrogen (secondary N) is 1. The fourth-order valence-electron chi connectivity index (χ4n) is 5.11. The van der Waals surface area contributed by atoms with Gasteiger partial charge in [-0.25, -0.2) is 4.79 Å². The van der Waals surface area contributed by atoms with E-state index in [-0.39, 0.29) is 17.7 Å². The summed E-state index contributed by atoms with van der Waals surface area (Å²) in [7, 11) is 0. The Bertz CT molecular complexity index is 530. The lowest BCUT2D eigenvalue weighted by Crippen LogP contribution is -2.51. The van der Waals surface area contributed by atoms with Crippen molar-refractivity contribution < 1.29 is 19.5 Å². The first-order chi connectivity index (χ1) is 12.0. The van der Waals surface area contributed by atoms with Crippen LogP contribution in [-0.2, 0) is 14.4 Å². The minimum atomic E-state index is -0.913. The highest BCUT2D eigenvalue weighted by molar-refractivity contribution is 5.90. The van der Waals surface area contributed by atoms with Crippen molar-refractivity contribution in [3.8, 4) is 0 Å². The van der Waals surface area contributed by atoms with Crippen LogP contribution in [0.15, 0.2) is 0 Å². The average molecular weight is 350 g/mol. The predicted octanol–water partition coefficient (Wildman–Crippen LogP) is 2.17. The summed E-state index contributed by atoms with van der Waals surface area (Å²) in [5.74, 6) is -0.447. The third-order valence-electron chi connectivity index (χ3n) is 6.37. The van der Waals surface area contributed by atoms with Crippen molar-refractivity contribution in [3.05, 3.63) is 0 Å². The zero-order valence-corrected chi connectivity index (χ0v) is 15.1. The van der Waals surface area contributed by atoms with Gasteiger partial charge in [0.15, 0.2) is 0 Å². The maximum atomic E-state index is 12.8. The van der Waals surface area contributed by atoms with Gasteiger partial charge in [0.1, 0.15) is 12.1 Å². The maximum absolute atomic E-state index is 12.8. The largest absolute Gasteiger partial charge is 0.480 e. The standard InChI is InChI=1S/C19H30N2O4/c1-12(20-16(22)10-13-6-3-2-4-7-13)18(23)21-11-14-8-5-9-15(14)17(21)19(24)25/h12-15,17H,2-11H2,1H3,(H,20,22)(H,24,25). The summed E-state index contributed by atoms with van der Waals surface area (Å²) in [6.07, 6.45) is 9.21. The van der Waals surface area contributed by atoms with Crippen LogP contribution in [0.2, 0.25) is 0 Å². The molecule has 0 aromatic heterocycles. The van der Waals surface area contributed by atoms with Crippen molar-refractivity contribution in [2.24, 2.45) is 17.8 Å². The molecule has 0 spiro atoms. The molecule has 2 saturated carbocycles. The third-order valence-corrected chi connectivity index (χ3v) is 6.37. The van der Waals surface area contributed by atoms with Gasteiger partial charge < -0.3 is 15.3 Å². The summed E-state index contributed by atoms with van der Waals surface area (Å²) in [4.78, 5) is 38.2. The normalized spacial score (nSPS) is 30.8. The lowest BCUT2D eigenvalue weighted by Gasteiger charge is -2.28. The van der Waals surface area contributed by atoms with E-state index in [0.29, 0.717) is 24.8 Å². The highest BCUT2D eigenvalue weighted by Crippen LogP contribution is 2.42. The topological polar surface area (TPSA) is 86.7 Å². The number of nitrogens with zero attached hydrogens (tertiary/aromatic N) is 1. The number of amides is 2. The van der Waals surface area contributed by atoms with Crippen molar-refractivity contribution in [2.75, 3.05) is 6.54 Å². The van der Waals surface area contributed by atoms with Gasteiger partial charge in [0, 0.05) is 13.0 Å². The first-order valence-electron chi connectivity index (χ1n) is 9.80. The Labute approximate surface area is 149 Å². The van der Waals surface area contributed by atoms with Crippen molar-refractivity contribution in [1.82, 2.24) is 10.2 Å². The molecule has 0 aromatic carbocycles. The van der Waals surface area contributed by atoms with Crippen LogP contribution in [0, 0.1) is 17.8 Å². The molecule has 2 aliphatic carbocycles. The van der Waals surface area contributed by atoms with Gasteiger partial charge in [0.2, 0.25) is 11.8 Å². The van der Waals surface area contributed by atoms with Crippen molar-refractivity contribution in [1.29, 1.82) is 0 Å². The molecule has 4 atom stereocenters. The van der Waals surface area contributed by atoms with E-state index in [1.807, 2.05) is 0 Å². The molecule has 0 aromatic rings. The molecule has 3 aliphatic rings. The van der Waals surface area contributed by atoms with E-state index in [4.69, 9.17) is 0 Å². The van der Waals surface area contributed by atoms with Gasteiger partial charge in [-0.15, -0.1) is 0 Å². The molecular weight excluding hydrogens is 320 g/mol. The second kappa shape index (κ2) is 7.75. The smallest absolute Gasteiger partial charge is 0.326 e. The summed E-state index contributed by atoms with van der Waals surface area (Å²) in [5.41, 5.74) is 0. The van der Waals surface area contributed by atoms with Crippen LogP contribution in [0.25, 0.3) is 0 Å². The molecular formula is C19H30N2O4. The van der Waals surface area contributed by atoms with E-state index in [1.54, 1.807) is 6.92 Å². The number of carboxylic acids is 1. The molecule has 1 heterocycles. The molecule has 2 amide bonds. The Kier molecular flexibility index (Phi) is 5.64. The highest BCUT2D eigenvalue weighted by atomic mass is 16.4. The lowest BCUT2D eigenvalue weighted by atomic mass is 9.87. The van der Waals surface area contributed by atoms with Gasteiger partial charge in [-0.2, -0.15) is 0 Å². The monoisotopic (exact) mass is 350 g/mol. The predicted molar refractivity (Wildman–Crippen MR) is 92.8 cm³/mol. The Balaban J connectivity index is 1.56. The second-order valence-corrected chi connectivity index (χ2v) is 8.13. The van der Waals surface area contributed by atoms with Crippen LogP contribution in [0.5, 0.6) is 0 Å². The third kappa shape index (κ3) is 3.98. The summed E-state index contributed by atoms with van der Waals surface area (Å²) >= 11 is 0. The number of fused-ring (bicyclic) bond motifs is 1. The SMILES string of the molecule is CC(NC(=O)CC1CCCCC1)C(=O)N1CC2CCCC2C1C(=O)O. The van der Waals surface area contributed by atoms with Gasteiger partial charge >= 0.3 is 5.97 Å². The lowest BCUT2D eigenvalue weighted by molar-refractivity contribution is -0.150. The fourth-order valence-corrected chi connectivity index (χ4v) is 5.11. The summed E-state index contributed by atoms with van der Waals surface area (Å²) in [6.45, 7) is 2.19. The van der Waals surface area contributed by atoms with Crippen LogP contribution in [0.3, 0.4) is 0 Å². The Morgan fingerprint density at radius 2 is 1.80 bits per heavy atom. The van der Waals surface area contributed by atoms with Gasteiger partial charge in [-0.3, -0.25) is 9.59 Å². The van der Waals surface area contributed by atoms with Crippen molar-refractivity contribution in [2.45, 2.75) is 76.8 Å². The molecule has 25 heavy (non-hydrogen) atoms. The van der Waals surface area contributed by atoms with Crippen LogP contribution in [-0.4, -0.2) is 46.4 Å². The van der Waals surface area contributed by atoms with Crippen LogP contribution < -0.4 is 5.32 Å². The molecule has 4 unspecified atom stereocenters. The van der Waals surface area contributed by atoms with Gasteiger partial charge in [0.25, 0.3) is 0 Å². The zero-order chi connectivity index (χ0) is 18.0. The Morgan fingerprint density at radius 1 is 1.08 bits per heavy atom. The van der Waals surface area contributed by atoms with Gasteiger partial charge in [0.05, 0.1) is 0 Å². The number of aliphatic carboxylic acids is 1. The minimum Gasteiger partial charge on any atom is -0.480 e. The van der Waals surface area contributed by atoms with E-state index < -0.39 is 18.1 Å². The minimum absolute atomic E-state index is 0.0755. The van der Waals surface area contributed by atoms with E-state index in [2.05, 4.69) is 5.32 Å². The highest BCUT2D eigenvalue weighted by Gasteiger charge is 2.50. The molecule has 2 N–H and O–H groups in total. The van der Waals surface area contributed by atoms with Gasteiger partial charge in [-0.05, 0) is 50.4 Å². The van der Waals surface area contributed by atoms with E-state index in [0.717, 1.165) is 32.1 Å². The zero-order valence-electron chi connectivity index (χ0n) is 15.1. The number of rotatable bonds is 5. The summed E-state index contributed by atoms with van der Waals surface area (Å²) in [6, 6.07) is -1.38. The summed E-state index contributed by atoms with van der Waals surface area (Å²) in [5, 5.41) is 12.4. The molecule has 0 bridgehead atoms. The fraction of sp³-hybridized carbons (Fsp3) is 0.842. The second-order valence-electron chi connectivity index (χ2n) is 8.13. The first-order valence-corrected chi connectivity index (χ1v) is 9.80. The number of carbonyl (C=O) groups is 3. The van der Waals surface area contributed by atoms with Crippen LogP contribution in [0.1, 0.15) is 64.7 Å². The Morgan fingerprint density at radius 3 is 2.48 bits per heavy atom. The van der Waals surface area contributed by atoms with Crippen LogP contribution >= 0.6 is 0 Å². The first kappa shape index (κ1) is 18.2. The maximum Gasteiger partial charge on any atom is 0.326 e. The molecule has 0 radical (unpaired) electrons.